The van der Waals surface area contributed by atoms with Gasteiger partial charge in [0.05, 0.1) is 24.4 Å². The molecule has 7 heteroatoms. The molecule has 2 rings (SSSR count). The molecule has 24 heavy (non-hydrogen) atoms. The maximum Gasteiger partial charge on any atom is 0.340 e. The highest BCUT2D eigenvalue weighted by atomic mass is 16.5. The summed E-state index contributed by atoms with van der Waals surface area (Å²) in [7, 11) is 0. The monoisotopic (exact) mass is 336 g/mol. The fourth-order valence-corrected chi connectivity index (χ4v) is 2.68. The smallest absolute Gasteiger partial charge is 0.340 e. The molecule has 1 aromatic rings. The van der Waals surface area contributed by atoms with Crippen molar-refractivity contribution in [3.8, 4) is 0 Å². The van der Waals surface area contributed by atoms with Gasteiger partial charge in [-0.15, -0.1) is 0 Å². The van der Waals surface area contributed by atoms with Crippen molar-refractivity contribution in [1.29, 1.82) is 0 Å². The van der Waals surface area contributed by atoms with Crippen LogP contribution in [0, 0.1) is 0 Å². The number of nitrogens with one attached hydrogen (secondary N) is 1. The number of carbonyl (C=O) groups excluding carboxylic acids is 2. The van der Waals surface area contributed by atoms with E-state index in [1.54, 1.807) is 29.2 Å². The Morgan fingerprint density at radius 1 is 1.29 bits per heavy atom. The predicted molar refractivity (Wildman–Crippen MR) is 88.9 cm³/mol. The summed E-state index contributed by atoms with van der Waals surface area (Å²) in [4.78, 5) is 26.1. The van der Waals surface area contributed by atoms with Crippen LogP contribution < -0.4 is 5.32 Å². The van der Waals surface area contributed by atoms with Crippen LogP contribution in [-0.4, -0.2) is 66.9 Å². The minimum absolute atomic E-state index is 0.0307. The van der Waals surface area contributed by atoms with Gasteiger partial charge < -0.3 is 24.8 Å². The van der Waals surface area contributed by atoms with Crippen LogP contribution >= 0.6 is 0 Å². The van der Waals surface area contributed by atoms with Crippen molar-refractivity contribution in [2.24, 2.45) is 0 Å². The Balaban J connectivity index is 1.92. The van der Waals surface area contributed by atoms with Gasteiger partial charge in [-0.1, -0.05) is 12.1 Å². The first-order valence-corrected chi connectivity index (χ1v) is 8.05. The van der Waals surface area contributed by atoms with Crippen LogP contribution in [0.2, 0.25) is 0 Å². The molecule has 2 N–H and O–H groups in total. The lowest BCUT2D eigenvalue weighted by Gasteiger charge is -2.35. The van der Waals surface area contributed by atoms with Gasteiger partial charge in [-0.2, -0.15) is 0 Å². The van der Waals surface area contributed by atoms with Crippen molar-refractivity contribution in [2.45, 2.75) is 26.1 Å². The first-order chi connectivity index (χ1) is 11.5. The number of aliphatic hydroxyl groups is 1. The molecule has 1 heterocycles. The molecule has 1 amide bonds. The van der Waals surface area contributed by atoms with Crippen LogP contribution in [0.3, 0.4) is 0 Å². The first-order valence-electron chi connectivity index (χ1n) is 8.05. The van der Waals surface area contributed by atoms with Gasteiger partial charge in [0.15, 0.2) is 6.61 Å². The second kappa shape index (κ2) is 8.65. The SMILES string of the molecule is CC1CN(C(=O)COC(=O)c2ccccc2NCCO)CC(C)O1. The molecule has 2 atom stereocenters. The molecule has 0 radical (unpaired) electrons. The summed E-state index contributed by atoms with van der Waals surface area (Å²) in [6.45, 7) is 4.79. The molecule has 2 unspecified atom stereocenters. The number of anilines is 1. The van der Waals surface area contributed by atoms with Crippen molar-refractivity contribution in [2.75, 3.05) is 38.2 Å². The quantitative estimate of drug-likeness (QED) is 0.750. The largest absolute Gasteiger partial charge is 0.452 e. The number of nitrogens with zero attached hydrogens (tertiary/aromatic N) is 1. The Bertz CT molecular complexity index is 568. The van der Waals surface area contributed by atoms with Crippen LogP contribution in [0.15, 0.2) is 24.3 Å². The highest BCUT2D eigenvalue weighted by Gasteiger charge is 2.26. The van der Waals surface area contributed by atoms with E-state index >= 15 is 0 Å². The number of esters is 1. The molecule has 1 aliphatic rings. The van der Waals surface area contributed by atoms with Crippen LogP contribution in [0.4, 0.5) is 5.69 Å². The molecule has 1 aliphatic heterocycles. The van der Waals surface area contributed by atoms with Crippen LogP contribution in [-0.2, 0) is 14.3 Å². The lowest BCUT2D eigenvalue weighted by atomic mass is 10.2. The third kappa shape index (κ3) is 4.94. The summed E-state index contributed by atoms with van der Waals surface area (Å²) >= 11 is 0. The molecule has 7 nitrogen and oxygen atoms in total. The average molecular weight is 336 g/mol. The summed E-state index contributed by atoms with van der Waals surface area (Å²) in [5.41, 5.74) is 0.903. The van der Waals surface area contributed by atoms with Gasteiger partial charge >= 0.3 is 5.97 Å². The van der Waals surface area contributed by atoms with Crippen molar-refractivity contribution in [3.63, 3.8) is 0 Å². The number of para-hydroxylation sites is 1. The molecule has 1 saturated heterocycles. The first kappa shape index (κ1) is 18.2. The minimum atomic E-state index is -0.571. The van der Waals surface area contributed by atoms with E-state index in [-0.39, 0.29) is 31.3 Å². The molecule has 1 aromatic carbocycles. The van der Waals surface area contributed by atoms with E-state index in [4.69, 9.17) is 14.6 Å². The Labute approximate surface area is 141 Å². The van der Waals surface area contributed by atoms with Crippen molar-refractivity contribution in [1.82, 2.24) is 4.90 Å². The van der Waals surface area contributed by atoms with Crippen LogP contribution in [0.1, 0.15) is 24.2 Å². The van der Waals surface area contributed by atoms with E-state index in [9.17, 15) is 9.59 Å². The van der Waals surface area contributed by atoms with E-state index in [1.165, 1.54) is 0 Å². The fraction of sp³-hybridized carbons (Fsp3) is 0.529. The average Bonchev–Trinajstić information content (AvgIpc) is 2.57. The molecular weight excluding hydrogens is 312 g/mol. The maximum atomic E-state index is 12.2. The zero-order chi connectivity index (χ0) is 17.5. The zero-order valence-corrected chi connectivity index (χ0v) is 14.0. The molecule has 0 aromatic heterocycles. The maximum absolute atomic E-state index is 12.2. The summed E-state index contributed by atoms with van der Waals surface area (Å²) in [6.07, 6.45) is -0.0615. The van der Waals surface area contributed by atoms with Gasteiger partial charge in [-0.05, 0) is 26.0 Å². The van der Waals surface area contributed by atoms with E-state index in [1.807, 2.05) is 13.8 Å². The van der Waals surface area contributed by atoms with Gasteiger partial charge in [-0.25, -0.2) is 4.79 Å². The topological polar surface area (TPSA) is 88.1 Å². The number of benzene rings is 1. The number of ether oxygens (including phenoxy) is 2. The Morgan fingerprint density at radius 3 is 2.62 bits per heavy atom. The number of morpholine rings is 1. The molecule has 0 bridgehead atoms. The number of rotatable bonds is 6. The number of hydrogen-bond acceptors (Lipinski definition) is 6. The number of aliphatic hydroxyl groups excluding tert-OH is 1. The lowest BCUT2D eigenvalue weighted by molar-refractivity contribution is -0.146. The van der Waals surface area contributed by atoms with Gasteiger partial charge in [0.25, 0.3) is 5.91 Å². The molecule has 0 saturated carbocycles. The van der Waals surface area contributed by atoms with Gasteiger partial charge in [0.2, 0.25) is 0 Å². The molecule has 0 aliphatic carbocycles. The Morgan fingerprint density at radius 2 is 1.96 bits per heavy atom. The highest BCUT2D eigenvalue weighted by Crippen LogP contribution is 2.16. The van der Waals surface area contributed by atoms with Crippen LogP contribution in [0.25, 0.3) is 0 Å². The summed E-state index contributed by atoms with van der Waals surface area (Å²) in [6, 6.07) is 6.83. The summed E-state index contributed by atoms with van der Waals surface area (Å²) in [5.74, 6) is -0.801. The molecular formula is C17H24N2O5. The molecule has 0 spiro atoms. The third-order valence-electron chi connectivity index (χ3n) is 3.67. The summed E-state index contributed by atoms with van der Waals surface area (Å²) < 4.78 is 10.7. The lowest BCUT2D eigenvalue weighted by Crippen LogP contribution is -2.49. The van der Waals surface area contributed by atoms with E-state index in [0.717, 1.165) is 0 Å². The van der Waals surface area contributed by atoms with E-state index in [0.29, 0.717) is 30.9 Å². The number of hydrogen-bond donors (Lipinski definition) is 2. The van der Waals surface area contributed by atoms with Gasteiger partial charge in [0, 0.05) is 25.3 Å². The predicted octanol–water partition coefficient (Wildman–Crippen LogP) is 0.883. The van der Waals surface area contributed by atoms with Gasteiger partial charge in [0.1, 0.15) is 0 Å². The highest BCUT2D eigenvalue weighted by molar-refractivity contribution is 5.96. The van der Waals surface area contributed by atoms with Crippen LogP contribution in [0.5, 0.6) is 0 Å². The van der Waals surface area contributed by atoms with E-state index in [2.05, 4.69) is 5.32 Å². The zero-order valence-electron chi connectivity index (χ0n) is 14.0. The normalized spacial score (nSPS) is 20.5. The Kier molecular flexibility index (Phi) is 6.57. The number of carbonyl (C=O) groups is 2. The number of amides is 1. The fourth-order valence-electron chi connectivity index (χ4n) is 2.68. The Hall–Kier alpha value is -2.12. The second-order valence-electron chi connectivity index (χ2n) is 5.83. The van der Waals surface area contributed by atoms with Crippen molar-refractivity contribution >= 4 is 17.6 Å². The molecule has 132 valence electrons. The van der Waals surface area contributed by atoms with Crippen molar-refractivity contribution in [3.05, 3.63) is 29.8 Å². The third-order valence-corrected chi connectivity index (χ3v) is 3.67. The molecule has 1 fully saturated rings. The van der Waals surface area contributed by atoms with Gasteiger partial charge in [-0.3, -0.25) is 4.79 Å². The minimum Gasteiger partial charge on any atom is -0.452 e. The standard InChI is InChI=1S/C17H24N2O5/c1-12-9-19(10-13(2)24-12)16(21)11-23-17(22)14-5-3-4-6-15(14)18-7-8-20/h3-6,12-13,18,20H,7-11H2,1-2H3. The van der Waals surface area contributed by atoms with E-state index < -0.39 is 5.97 Å². The van der Waals surface area contributed by atoms with Crippen molar-refractivity contribution < 1.29 is 24.2 Å². The second-order valence-corrected chi connectivity index (χ2v) is 5.83. The summed E-state index contributed by atoms with van der Waals surface area (Å²) in [5, 5.41) is 11.8.